The topological polar surface area (TPSA) is 96.3 Å². The summed E-state index contributed by atoms with van der Waals surface area (Å²) in [5.41, 5.74) is 0. The van der Waals surface area contributed by atoms with Gasteiger partial charge in [-0.05, 0) is 19.9 Å². The highest BCUT2D eigenvalue weighted by Gasteiger charge is 2.24. The fourth-order valence-electron chi connectivity index (χ4n) is 2.33. The Morgan fingerprint density at radius 1 is 1.50 bits per heavy atom. The molecule has 0 spiro atoms. The van der Waals surface area contributed by atoms with Crippen LogP contribution in [0.4, 0.5) is 0 Å². The third kappa shape index (κ3) is 4.67. The highest BCUT2D eigenvalue weighted by molar-refractivity contribution is 7.89. The molecule has 8 nitrogen and oxygen atoms in total. The van der Waals surface area contributed by atoms with Crippen molar-refractivity contribution >= 4 is 28.3 Å². The molecule has 126 valence electrons. The highest BCUT2D eigenvalue weighted by Crippen LogP contribution is 2.10. The number of halogens is 1. The summed E-state index contributed by atoms with van der Waals surface area (Å²) in [7, 11) is -0.189. The van der Waals surface area contributed by atoms with E-state index in [9.17, 15) is 13.2 Å². The Morgan fingerprint density at radius 2 is 2.23 bits per heavy atom. The molecular formula is C12H22ClN5O3S. The van der Waals surface area contributed by atoms with Gasteiger partial charge in [0.2, 0.25) is 15.9 Å². The summed E-state index contributed by atoms with van der Waals surface area (Å²) in [6.45, 7) is 1.06. The number of aromatic nitrogens is 2. The van der Waals surface area contributed by atoms with Crippen molar-refractivity contribution in [2.24, 2.45) is 7.05 Å². The zero-order valence-corrected chi connectivity index (χ0v) is 14.3. The SMILES string of the molecule is CNC1CCCN(C(=O)CNS(=O)(=O)c2cnn(C)c2)C1.Cl. The van der Waals surface area contributed by atoms with Crippen LogP contribution < -0.4 is 10.0 Å². The van der Waals surface area contributed by atoms with Crippen molar-refractivity contribution in [1.29, 1.82) is 0 Å². The van der Waals surface area contributed by atoms with Gasteiger partial charge in [0.25, 0.3) is 0 Å². The second-order valence-corrected chi connectivity index (χ2v) is 6.91. The second kappa shape index (κ2) is 7.91. The number of likely N-dealkylation sites (N-methyl/N-ethyl adjacent to an activating group) is 1. The quantitative estimate of drug-likeness (QED) is 0.733. The molecule has 0 saturated carbocycles. The third-order valence-electron chi connectivity index (χ3n) is 3.59. The number of nitrogens with one attached hydrogen (secondary N) is 2. The van der Waals surface area contributed by atoms with Gasteiger partial charge in [-0.15, -0.1) is 12.4 Å². The minimum atomic E-state index is -3.69. The molecule has 2 rings (SSSR count). The molecule has 2 heterocycles. The maximum atomic E-state index is 12.1. The second-order valence-electron chi connectivity index (χ2n) is 5.14. The van der Waals surface area contributed by atoms with E-state index in [2.05, 4.69) is 15.1 Å². The molecule has 2 N–H and O–H groups in total. The minimum Gasteiger partial charge on any atom is -0.340 e. The minimum absolute atomic E-state index is 0. The average Bonchev–Trinajstić information content (AvgIpc) is 2.92. The van der Waals surface area contributed by atoms with Crippen LogP contribution in [0.15, 0.2) is 17.3 Å². The molecule has 1 aliphatic rings. The van der Waals surface area contributed by atoms with Gasteiger partial charge in [-0.3, -0.25) is 9.48 Å². The van der Waals surface area contributed by atoms with Gasteiger partial charge in [0.1, 0.15) is 4.90 Å². The Hall–Kier alpha value is -1.16. The molecule has 0 radical (unpaired) electrons. The van der Waals surface area contributed by atoms with E-state index in [-0.39, 0.29) is 35.8 Å². The standard InChI is InChI=1S/C12H21N5O3S.ClH/c1-13-10-4-3-5-17(8-10)12(18)7-15-21(19,20)11-6-14-16(2)9-11;/h6,9-10,13,15H,3-5,7-8H2,1-2H3;1H. The predicted molar refractivity (Wildman–Crippen MR) is 84.3 cm³/mol. The summed E-state index contributed by atoms with van der Waals surface area (Å²) >= 11 is 0. The lowest BCUT2D eigenvalue weighted by molar-refractivity contribution is -0.131. The first kappa shape index (κ1) is 18.9. The summed E-state index contributed by atoms with van der Waals surface area (Å²) < 4.78 is 27.7. The first-order chi connectivity index (χ1) is 9.92. The Morgan fingerprint density at radius 3 is 2.82 bits per heavy atom. The molecule has 0 aliphatic carbocycles. The molecule has 1 aromatic heterocycles. The maximum absolute atomic E-state index is 12.1. The van der Waals surface area contributed by atoms with E-state index in [4.69, 9.17) is 0 Å². The Bertz CT molecular complexity index is 604. The lowest BCUT2D eigenvalue weighted by atomic mass is 10.1. The van der Waals surface area contributed by atoms with Gasteiger partial charge in [-0.1, -0.05) is 0 Å². The van der Waals surface area contributed by atoms with E-state index in [1.165, 1.54) is 17.1 Å². The van der Waals surface area contributed by atoms with E-state index < -0.39 is 10.0 Å². The van der Waals surface area contributed by atoms with Crippen molar-refractivity contribution < 1.29 is 13.2 Å². The van der Waals surface area contributed by atoms with Crippen LogP contribution in [-0.4, -0.2) is 61.7 Å². The maximum Gasteiger partial charge on any atom is 0.244 e. The first-order valence-electron chi connectivity index (χ1n) is 6.86. The molecule has 1 amide bonds. The highest BCUT2D eigenvalue weighted by atomic mass is 35.5. The molecule has 1 aliphatic heterocycles. The van der Waals surface area contributed by atoms with Crippen molar-refractivity contribution in [2.45, 2.75) is 23.8 Å². The summed E-state index contributed by atoms with van der Waals surface area (Å²) in [5.74, 6) is -0.206. The van der Waals surface area contributed by atoms with Gasteiger partial charge in [0.05, 0.1) is 12.7 Å². The molecule has 1 fully saturated rings. The molecule has 1 saturated heterocycles. The molecule has 0 bridgehead atoms. The number of likely N-dealkylation sites (tertiary alicyclic amines) is 1. The van der Waals surface area contributed by atoms with Crippen LogP contribution in [0.5, 0.6) is 0 Å². The molecule has 22 heavy (non-hydrogen) atoms. The number of rotatable bonds is 5. The van der Waals surface area contributed by atoms with Gasteiger partial charge in [-0.25, -0.2) is 13.1 Å². The lowest BCUT2D eigenvalue weighted by Gasteiger charge is -2.32. The van der Waals surface area contributed by atoms with E-state index >= 15 is 0 Å². The zero-order valence-electron chi connectivity index (χ0n) is 12.7. The Labute approximate surface area is 136 Å². The van der Waals surface area contributed by atoms with Crippen molar-refractivity contribution in [3.63, 3.8) is 0 Å². The van der Waals surface area contributed by atoms with Crippen LogP contribution in [0, 0.1) is 0 Å². The zero-order chi connectivity index (χ0) is 15.5. The number of nitrogens with zero attached hydrogens (tertiary/aromatic N) is 3. The van der Waals surface area contributed by atoms with Gasteiger partial charge in [0, 0.05) is 32.4 Å². The predicted octanol–water partition coefficient (Wildman–Crippen LogP) is -0.669. The van der Waals surface area contributed by atoms with Crippen LogP contribution in [-0.2, 0) is 21.9 Å². The summed E-state index contributed by atoms with van der Waals surface area (Å²) in [4.78, 5) is 13.8. The number of amides is 1. The molecule has 1 aromatic rings. The molecular weight excluding hydrogens is 330 g/mol. The smallest absolute Gasteiger partial charge is 0.244 e. The van der Waals surface area contributed by atoms with Crippen LogP contribution in [0.3, 0.4) is 0 Å². The molecule has 1 unspecified atom stereocenters. The summed E-state index contributed by atoms with van der Waals surface area (Å²) in [5, 5.41) is 6.96. The van der Waals surface area contributed by atoms with Gasteiger partial charge in [0.15, 0.2) is 0 Å². The largest absolute Gasteiger partial charge is 0.340 e. The fraction of sp³-hybridized carbons (Fsp3) is 0.667. The van der Waals surface area contributed by atoms with E-state index in [0.29, 0.717) is 13.1 Å². The summed E-state index contributed by atoms with van der Waals surface area (Å²) in [6, 6.07) is 0.276. The number of carbonyl (C=O) groups is 1. The Kier molecular flexibility index (Phi) is 6.79. The molecule has 1 atom stereocenters. The number of sulfonamides is 1. The normalized spacial score (nSPS) is 18.8. The third-order valence-corrected chi connectivity index (χ3v) is 4.94. The fourth-order valence-corrected chi connectivity index (χ4v) is 3.29. The van der Waals surface area contributed by atoms with Crippen molar-refractivity contribution in [3.05, 3.63) is 12.4 Å². The van der Waals surface area contributed by atoms with Gasteiger partial charge >= 0.3 is 0 Å². The molecule has 10 heteroatoms. The van der Waals surface area contributed by atoms with Crippen molar-refractivity contribution in [3.8, 4) is 0 Å². The van der Waals surface area contributed by atoms with E-state index in [1.54, 1.807) is 11.9 Å². The van der Waals surface area contributed by atoms with E-state index in [1.807, 2.05) is 7.05 Å². The van der Waals surface area contributed by atoms with Crippen LogP contribution >= 0.6 is 12.4 Å². The first-order valence-corrected chi connectivity index (χ1v) is 8.34. The van der Waals surface area contributed by atoms with Crippen LogP contribution in [0.2, 0.25) is 0 Å². The van der Waals surface area contributed by atoms with Gasteiger partial charge < -0.3 is 10.2 Å². The van der Waals surface area contributed by atoms with Gasteiger partial charge in [-0.2, -0.15) is 5.10 Å². The number of aryl methyl sites for hydroxylation is 1. The number of hydrogen-bond donors (Lipinski definition) is 2. The monoisotopic (exact) mass is 351 g/mol. The van der Waals surface area contributed by atoms with Crippen molar-refractivity contribution in [2.75, 3.05) is 26.7 Å². The van der Waals surface area contributed by atoms with E-state index in [0.717, 1.165) is 12.8 Å². The lowest BCUT2D eigenvalue weighted by Crippen LogP contribution is -2.49. The van der Waals surface area contributed by atoms with Crippen LogP contribution in [0.25, 0.3) is 0 Å². The number of hydrogen-bond acceptors (Lipinski definition) is 5. The van der Waals surface area contributed by atoms with Crippen LogP contribution in [0.1, 0.15) is 12.8 Å². The Balaban J connectivity index is 0.00000242. The summed E-state index contributed by atoms with van der Waals surface area (Å²) in [6.07, 6.45) is 4.60. The average molecular weight is 352 g/mol. The number of carbonyl (C=O) groups excluding carboxylic acids is 1. The van der Waals surface area contributed by atoms with Crippen molar-refractivity contribution in [1.82, 2.24) is 24.7 Å². The number of piperidine rings is 1. The molecule has 0 aromatic carbocycles.